The molecule has 2 atom stereocenters. The summed E-state index contributed by atoms with van der Waals surface area (Å²) in [6.45, 7) is 4.79. The Balaban J connectivity index is 2.37. The zero-order valence-corrected chi connectivity index (χ0v) is 12.4. The van der Waals surface area contributed by atoms with Gasteiger partial charge in [0.15, 0.2) is 0 Å². The Bertz CT molecular complexity index is 392. The molecule has 0 fully saturated rings. The summed E-state index contributed by atoms with van der Waals surface area (Å²) >= 11 is 5.84. The summed E-state index contributed by atoms with van der Waals surface area (Å²) in [5.41, 5.74) is 6.56. The van der Waals surface area contributed by atoms with Crippen molar-refractivity contribution in [3.8, 4) is 0 Å². The molecule has 106 valence electrons. The van der Waals surface area contributed by atoms with Gasteiger partial charge in [0, 0.05) is 11.4 Å². The van der Waals surface area contributed by atoms with E-state index in [2.05, 4.69) is 12.2 Å². The average Bonchev–Trinajstić information content (AvgIpc) is 2.37. The highest BCUT2D eigenvalue weighted by atomic mass is 35.5. The van der Waals surface area contributed by atoms with Gasteiger partial charge in [-0.25, -0.2) is 0 Å². The third-order valence-electron chi connectivity index (χ3n) is 3.27. The van der Waals surface area contributed by atoms with Crippen LogP contribution in [-0.2, 0) is 4.79 Å². The van der Waals surface area contributed by atoms with E-state index in [9.17, 15) is 4.79 Å². The molecule has 1 aromatic carbocycles. The van der Waals surface area contributed by atoms with Crippen LogP contribution < -0.4 is 11.1 Å². The van der Waals surface area contributed by atoms with Crippen LogP contribution in [0.1, 0.15) is 44.7 Å². The third kappa shape index (κ3) is 6.08. The van der Waals surface area contributed by atoms with Crippen molar-refractivity contribution in [3.05, 3.63) is 34.9 Å². The van der Waals surface area contributed by atoms with Crippen LogP contribution >= 0.6 is 11.6 Å². The van der Waals surface area contributed by atoms with E-state index in [1.165, 1.54) is 0 Å². The van der Waals surface area contributed by atoms with Gasteiger partial charge in [-0.3, -0.25) is 4.79 Å². The van der Waals surface area contributed by atoms with E-state index >= 15 is 0 Å². The van der Waals surface area contributed by atoms with Gasteiger partial charge in [0.2, 0.25) is 5.91 Å². The molecule has 0 aromatic heterocycles. The molecule has 3 nitrogen and oxygen atoms in total. The highest BCUT2D eigenvalue weighted by Gasteiger charge is 2.10. The summed E-state index contributed by atoms with van der Waals surface area (Å²) < 4.78 is 0. The average molecular weight is 283 g/mol. The lowest BCUT2D eigenvalue weighted by Crippen LogP contribution is -2.26. The summed E-state index contributed by atoms with van der Waals surface area (Å²) in [6, 6.07) is 7.55. The van der Waals surface area contributed by atoms with Crippen LogP contribution in [0.15, 0.2) is 24.3 Å². The second-order valence-electron chi connectivity index (χ2n) is 5.06. The predicted molar refractivity (Wildman–Crippen MR) is 80.1 cm³/mol. The molecule has 0 spiro atoms. The van der Waals surface area contributed by atoms with Crippen molar-refractivity contribution in [1.82, 2.24) is 5.32 Å². The minimum Gasteiger partial charge on any atom is -0.350 e. The van der Waals surface area contributed by atoms with Crippen molar-refractivity contribution >= 4 is 17.5 Å². The number of hydrogen-bond acceptors (Lipinski definition) is 2. The number of amides is 1. The number of rotatable bonds is 7. The smallest absolute Gasteiger partial charge is 0.220 e. The monoisotopic (exact) mass is 282 g/mol. The van der Waals surface area contributed by atoms with Crippen molar-refractivity contribution < 1.29 is 4.79 Å². The maximum Gasteiger partial charge on any atom is 0.220 e. The van der Waals surface area contributed by atoms with Crippen LogP contribution in [0.5, 0.6) is 0 Å². The molecular weight excluding hydrogens is 260 g/mol. The highest BCUT2D eigenvalue weighted by Crippen LogP contribution is 2.16. The Kier molecular flexibility index (Phi) is 6.89. The lowest BCUT2D eigenvalue weighted by molar-refractivity contribution is -0.122. The van der Waals surface area contributed by atoms with E-state index in [0.717, 1.165) is 18.4 Å². The Labute approximate surface area is 120 Å². The van der Waals surface area contributed by atoms with Crippen LogP contribution in [0.2, 0.25) is 5.02 Å². The first-order valence-electron chi connectivity index (χ1n) is 6.77. The van der Waals surface area contributed by atoms with Crippen LogP contribution in [0.25, 0.3) is 0 Å². The fourth-order valence-electron chi connectivity index (χ4n) is 1.95. The molecule has 0 radical (unpaired) electrons. The molecule has 0 aliphatic rings. The number of carbonyl (C=O) groups excluding carboxylic acids is 1. The van der Waals surface area contributed by atoms with Gasteiger partial charge in [-0.2, -0.15) is 0 Å². The zero-order chi connectivity index (χ0) is 14.3. The summed E-state index contributed by atoms with van der Waals surface area (Å²) in [5, 5.41) is 3.71. The fraction of sp³-hybridized carbons (Fsp3) is 0.533. The van der Waals surface area contributed by atoms with Crippen molar-refractivity contribution in [3.63, 3.8) is 0 Å². The lowest BCUT2D eigenvalue weighted by Gasteiger charge is -2.15. The Morgan fingerprint density at radius 1 is 1.26 bits per heavy atom. The molecule has 19 heavy (non-hydrogen) atoms. The number of hydrogen-bond donors (Lipinski definition) is 2. The van der Waals surface area contributed by atoms with Crippen molar-refractivity contribution in [1.29, 1.82) is 0 Å². The first-order valence-corrected chi connectivity index (χ1v) is 7.15. The van der Waals surface area contributed by atoms with E-state index < -0.39 is 0 Å². The van der Waals surface area contributed by atoms with Gasteiger partial charge in [0.1, 0.15) is 0 Å². The van der Waals surface area contributed by atoms with Crippen molar-refractivity contribution in [2.75, 3.05) is 6.54 Å². The molecule has 3 N–H and O–H groups in total. The molecule has 4 heteroatoms. The van der Waals surface area contributed by atoms with Gasteiger partial charge in [0.05, 0.1) is 6.04 Å². The summed E-state index contributed by atoms with van der Waals surface area (Å²) in [6.07, 6.45) is 2.41. The van der Waals surface area contributed by atoms with E-state index in [0.29, 0.717) is 23.9 Å². The quantitative estimate of drug-likeness (QED) is 0.806. The molecule has 0 aliphatic heterocycles. The second kappa shape index (κ2) is 8.18. The predicted octanol–water partition coefficient (Wildman–Crippen LogP) is 3.28. The Morgan fingerprint density at radius 3 is 2.47 bits per heavy atom. The molecule has 0 saturated heterocycles. The first-order chi connectivity index (χ1) is 9.02. The minimum atomic E-state index is 0.00887. The summed E-state index contributed by atoms with van der Waals surface area (Å²) in [4.78, 5) is 11.8. The van der Waals surface area contributed by atoms with Crippen LogP contribution in [0.3, 0.4) is 0 Å². The largest absolute Gasteiger partial charge is 0.350 e. The first kappa shape index (κ1) is 16.0. The number of nitrogens with two attached hydrogens (primary N) is 1. The molecule has 1 unspecified atom stereocenters. The fourth-order valence-corrected chi connectivity index (χ4v) is 2.08. The molecular formula is C15H23ClN2O. The lowest BCUT2D eigenvalue weighted by atomic mass is 10.0. The maximum absolute atomic E-state index is 11.8. The highest BCUT2D eigenvalue weighted by molar-refractivity contribution is 6.30. The van der Waals surface area contributed by atoms with E-state index in [1.54, 1.807) is 0 Å². The van der Waals surface area contributed by atoms with E-state index in [-0.39, 0.29) is 11.9 Å². The van der Waals surface area contributed by atoms with E-state index in [1.807, 2.05) is 31.2 Å². The van der Waals surface area contributed by atoms with Crippen LogP contribution in [0, 0.1) is 5.92 Å². The topological polar surface area (TPSA) is 55.1 Å². The Hall–Kier alpha value is -1.06. The van der Waals surface area contributed by atoms with Crippen molar-refractivity contribution in [2.24, 2.45) is 11.7 Å². The van der Waals surface area contributed by atoms with Crippen LogP contribution in [0.4, 0.5) is 0 Å². The van der Waals surface area contributed by atoms with Crippen molar-refractivity contribution in [2.45, 2.75) is 39.2 Å². The van der Waals surface area contributed by atoms with Gasteiger partial charge >= 0.3 is 0 Å². The summed E-state index contributed by atoms with van der Waals surface area (Å²) in [5.74, 6) is 0.591. The number of benzene rings is 1. The SMILES string of the molecule is CC(CCN)CCC(=O)N[C@@H](C)c1ccc(Cl)cc1. The number of carbonyl (C=O) groups is 1. The van der Waals surface area contributed by atoms with Crippen LogP contribution in [-0.4, -0.2) is 12.5 Å². The molecule has 0 aliphatic carbocycles. The van der Waals surface area contributed by atoms with Gasteiger partial charge < -0.3 is 11.1 Å². The standard InChI is InChI=1S/C15H23ClN2O/c1-11(9-10-17)3-8-15(19)18-12(2)13-4-6-14(16)7-5-13/h4-7,11-12H,3,8-10,17H2,1-2H3,(H,18,19)/t11?,12-/m0/s1. The molecule has 0 saturated carbocycles. The number of nitrogens with one attached hydrogen (secondary N) is 1. The van der Waals surface area contributed by atoms with Gasteiger partial charge in [-0.05, 0) is 49.9 Å². The molecule has 1 rings (SSSR count). The number of halogens is 1. The molecule has 0 heterocycles. The zero-order valence-electron chi connectivity index (χ0n) is 11.7. The van der Waals surface area contributed by atoms with E-state index in [4.69, 9.17) is 17.3 Å². The molecule has 1 amide bonds. The maximum atomic E-state index is 11.8. The second-order valence-corrected chi connectivity index (χ2v) is 5.50. The molecule has 1 aromatic rings. The molecule has 0 bridgehead atoms. The Morgan fingerprint density at radius 2 is 1.89 bits per heavy atom. The minimum absolute atomic E-state index is 0.00887. The van der Waals surface area contributed by atoms with Gasteiger partial charge in [-0.15, -0.1) is 0 Å². The van der Waals surface area contributed by atoms with Gasteiger partial charge in [0.25, 0.3) is 0 Å². The summed E-state index contributed by atoms with van der Waals surface area (Å²) in [7, 11) is 0. The third-order valence-corrected chi connectivity index (χ3v) is 3.52. The normalized spacial score (nSPS) is 13.9. The van der Waals surface area contributed by atoms with Gasteiger partial charge in [-0.1, -0.05) is 30.7 Å².